The second kappa shape index (κ2) is 9.28. The molecule has 0 fully saturated rings. The number of carbonyl (C=O) groups is 1. The number of amides is 1. The molecule has 1 aromatic carbocycles. The van der Waals surface area contributed by atoms with Crippen LogP contribution in [0, 0.1) is 20.8 Å². The van der Waals surface area contributed by atoms with E-state index in [4.69, 9.17) is 4.98 Å². The fraction of sp³-hybridized carbons (Fsp3) is 0.524. The van der Waals surface area contributed by atoms with Crippen molar-refractivity contribution in [2.75, 3.05) is 32.7 Å². The lowest BCUT2D eigenvalue weighted by molar-refractivity contribution is 0.0750. The zero-order valence-electron chi connectivity index (χ0n) is 16.9. The number of rotatable bonds is 8. The van der Waals surface area contributed by atoms with Crippen molar-refractivity contribution in [3.05, 3.63) is 39.9 Å². The van der Waals surface area contributed by atoms with Crippen molar-refractivity contribution in [2.24, 2.45) is 0 Å². The van der Waals surface area contributed by atoms with E-state index >= 15 is 0 Å². The minimum atomic E-state index is 0.103. The van der Waals surface area contributed by atoms with Crippen LogP contribution in [0.5, 0.6) is 0 Å². The number of benzene rings is 1. The zero-order valence-corrected chi connectivity index (χ0v) is 17.7. The summed E-state index contributed by atoms with van der Waals surface area (Å²) in [6, 6.07) is 6.25. The van der Waals surface area contributed by atoms with Crippen LogP contribution in [0.15, 0.2) is 18.2 Å². The molecule has 0 bridgehead atoms. The Bertz CT molecular complexity index is 750. The second-order valence-corrected chi connectivity index (χ2v) is 7.59. The quantitative estimate of drug-likeness (QED) is 0.682. The van der Waals surface area contributed by atoms with Gasteiger partial charge in [-0.3, -0.25) is 4.79 Å². The number of nitrogens with zero attached hydrogens (tertiary/aromatic N) is 3. The van der Waals surface area contributed by atoms with Crippen molar-refractivity contribution in [3.63, 3.8) is 0 Å². The Morgan fingerprint density at radius 1 is 1.04 bits per heavy atom. The first-order valence-electron chi connectivity index (χ1n) is 9.48. The standard InChI is InChI=1S/C21H31N3OS/c1-7-23(8-2)13-14-24(9-3)21(25)19-17(6)22-20(26-19)18-12-10-11-15(4)16(18)5/h10-12H,7-9,13-14H2,1-6H3. The lowest BCUT2D eigenvalue weighted by Gasteiger charge is -2.25. The Labute approximate surface area is 161 Å². The molecule has 2 rings (SSSR count). The van der Waals surface area contributed by atoms with Crippen LogP contribution in [0.1, 0.15) is 47.3 Å². The molecule has 1 amide bonds. The number of hydrogen-bond acceptors (Lipinski definition) is 4. The van der Waals surface area contributed by atoms with Gasteiger partial charge in [-0.15, -0.1) is 11.3 Å². The first kappa shape index (κ1) is 20.6. The molecule has 4 nitrogen and oxygen atoms in total. The highest BCUT2D eigenvalue weighted by atomic mass is 32.1. The summed E-state index contributed by atoms with van der Waals surface area (Å²) in [6.07, 6.45) is 0. The van der Waals surface area contributed by atoms with Gasteiger partial charge in [0.05, 0.1) is 5.69 Å². The van der Waals surface area contributed by atoms with Crippen molar-refractivity contribution < 1.29 is 4.79 Å². The summed E-state index contributed by atoms with van der Waals surface area (Å²) in [6.45, 7) is 16.9. The van der Waals surface area contributed by atoms with Gasteiger partial charge in [-0.05, 0) is 51.9 Å². The maximum Gasteiger partial charge on any atom is 0.265 e. The molecule has 0 aliphatic heterocycles. The molecule has 0 N–H and O–H groups in total. The van der Waals surface area contributed by atoms with Crippen LogP contribution in [0.2, 0.25) is 0 Å². The summed E-state index contributed by atoms with van der Waals surface area (Å²) in [7, 11) is 0. The molecule has 0 aliphatic carbocycles. The van der Waals surface area contributed by atoms with Gasteiger partial charge in [0.15, 0.2) is 0 Å². The summed E-state index contributed by atoms with van der Waals surface area (Å²) >= 11 is 1.52. The molecule has 0 unspecified atom stereocenters. The van der Waals surface area contributed by atoms with Crippen LogP contribution in [-0.4, -0.2) is 53.4 Å². The molecule has 2 aromatic rings. The molecule has 0 saturated carbocycles. The Kier molecular flexibility index (Phi) is 7.35. The monoisotopic (exact) mass is 373 g/mol. The molecule has 142 valence electrons. The van der Waals surface area contributed by atoms with E-state index in [2.05, 4.69) is 50.8 Å². The molecule has 0 atom stereocenters. The molecule has 1 aromatic heterocycles. The minimum absolute atomic E-state index is 0.103. The SMILES string of the molecule is CCN(CC)CCN(CC)C(=O)c1sc(-c2cccc(C)c2C)nc1C. The van der Waals surface area contributed by atoms with Crippen LogP contribution in [0.4, 0.5) is 0 Å². The molecule has 1 heterocycles. The highest BCUT2D eigenvalue weighted by Gasteiger charge is 2.22. The molecule has 0 radical (unpaired) electrons. The van der Waals surface area contributed by atoms with Crippen molar-refractivity contribution in [2.45, 2.75) is 41.5 Å². The largest absolute Gasteiger partial charge is 0.337 e. The first-order chi connectivity index (χ1) is 12.4. The van der Waals surface area contributed by atoms with E-state index in [0.717, 1.165) is 53.9 Å². The van der Waals surface area contributed by atoms with E-state index in [9.17, 15) is 4.79 Å². The van der Waals surface area contributed by atoms with Crippen LogP contribution in [0.25, 0.3) is 10.6 Å². The van der Waals surface area contributed by atoms with Gasteiger partial charge in [-0.25, -0.2) is 4.98 Å². The van der Waals surface area contributed by atoms with E-state index in [0.29, 0.717) is 0 Å². The lowest BCUT2D eigenvalue weighted by atomic mass is 10.0. The van der Waals surface area contributed by atoms with Gasteiger partial charge < -0.3 is 9.80 Å². The summed E-state index contributed by atoms with van der Waals surface area (Å²) < 4.78 is 0. The first-order valence-corrected chi connectivity index (χ1v) is 10.3. The number of aromatic nitrogens is 1. The van der Waals surface area contributed by atoms with Gasteiger partial charge in [-0.2, -0.15) is 0 Å². The summed E-state index contributed by atoms with van der Waals surface area (Å²) in [4.78, 5) is 22.8. The van der Waals surface area contributed by atoms with Crippen molar-refractivity contribution in [1.29, 1.82) is 0 Å². The molecule has 0 saturated heterocycles. The van der Waals surface area contributed by atoms with Crippen molar-refractivity contribution >= 4 is 17.2 Å². The Balaban J connectivity index is 2.23. The Morgan fingerprint density at radius 3 is 2.35 bits per heavy atom. The fourth-order valence-electron chi connectivity index (χ4n) is 3.04. The number of likely N-dealkylation sites (N-methyl/N-ethyl adjacent to an activating group) is 2. The van der Waals surface area contributed by atoms with Crippen molar-refractivity contribution in [3.8, 4) is 10.6 Å². The molecule has 5 heteroatoms. The zero-order chi connectivity index (χ0) is 19.3. The summed E-state index contributed by atoms with van der Waals surface area (Å²) in [5.41, 5.74) is 4.44. The van der Waals surface area contributed by atoms with Crippen LogP contribution in [0.3, 0.4) is 0 Å². The number of hydrogen-bond donors (Lipinski definition) is 0. The van der Waals surface area contributed by atoms with Gasteiger partial charge in [0, 0.05) is 25.2 Å². The molecule has 0 spiro atoms. The molecule has 0 aliphatic rings. The van der Waals surface area contributed by atoms with Crippen LogP contribution < -0.4 is 0 Å². The average Bonchev–Trinajstić information content (AvgIpc) is 3.02. The van der Waals surface area contributed by atoms with Crippen LogP contribution in [-0.2, 0) is 0 Å². The van der Waals surface area contributed by atoms with E-state index in [1.165, 1.54) is 22.5 Å². The maximum atomic E-state index is 13.1. The predicted octanol–water partition coefficient (Wildman–Crippen LogP) is 4.54. The lowest BCUT2D eigenvalue weighted by Crippen LogP contribution is -2.38. The Morgan fingerprint density at radius 2 is 1.73 bits per heavy atom. The van der Waals surface area contributed by atoms with E-state index in [1.54, 1.807) is 0 Å². The smallest absolute Gasteiger partial charge is 0.265 e. The fourth-order valence-corrected chi connectivity index (χ4v) is 4.16. The van der Waals surface area contributed by atoms with E-state index < -0.39 is 0 Å². The van der Waals surface area contributed by atoms with Crippen LogP contribution >= 0.6 is 11.3 Å². The highest BCUT2D eigenvalue weighted by Crippen LogP contribution is 2.32. The summed E-state index contributed by atoms with van der Waals surface area (Å²) in [5, 5.41) is 0.937. The number of carbonyl (C=O) groups excluding carboxylic acids is 1. The predicted molar refractivity (Wildman–Crippen MR) is 111 cm³/mol. The Hall–Kier alpha value is -1.72. The van der Waals surface area contributed by atoms with E-state index in [-0.39, 0.29) is 5.91 Å². The van der Waals surface area contributed by atoms with Gasteiger partial charge >= 0.3 is 0 Å². The van der Waals surface area contributed by atoms with Gasteiger partial charge in [0.25, 0.3) is 5.91 Å². The van der Waals surface area contributed by atoms with Gasteiger partial charge in [0.1, 0.15) is 9.88 Å². The topological polar surface area (TPSA) is 36.4 Å². The molecule has 26 heavy (non-hydrogen) atoms. The third-order valence-electron chi connectivity index (χ3n) is 5.08. The normalized spacial score (nSPS) is 11.2. The van der Waals surface area contributed by atoms with Gasteiger partial charge in [0.2, 0.25) is 0 Å². The third-order valence-corrected chi connectivity index (χ3v) is 6.25. The average molecular weight is 374 g/mol. The second-order valence-electron chi connectivity index (χ2n) is 6.59. The minimum Gasteiger partial charge on any atom is -0.337 e. The molecular formula is C21H31N3OS. The number of thiazole rings is 1. The third kappa shape index (κ3) is 4.51. The maximum absolute atomic E-state index is 13.1. The van der Waals surface area contributed by atoms with Crippen molar-refractivity contribution in [1.82, 2.24) is 14.8 Å². The summed E-state index contributed by atoms with van der Waals surface area (Å²) in [5.74, 6) is 0.103. The highest BCUT2D eigenvalue weighted by molar-refractivity contribution is 7.17. The number of aryl methyl sites for hydroxylation is 2. The van der Waals surface area contributed by atoms with E-state index in [1.807, 2.05) is 18.7 Å². The molecular weight excluding hydrogens is 342 g/mol. The van der Waals surface area contributed by atoms with Gasteiger partial charge in [-0.1, -0.05) is 32.0 Å².